The van der Waals surface area contributed by atoms with Crippen LogP contribution >= 0.6 is 12.0 Å². The van der Waals surface area contributed by atoms with Crippen molar-refractivity contribution in [1.82, 2.24) is 0 Å². The lowest BCUT2D eigenvalue weighted by Crippen LogP contribution is -2.06. The SMILES string of the molecule is COc1ccccc1SOCC(C)O. The Balaban J connectivity index is 2.49. The van der Waals surface area contributed by atoms with E-state index >= 15 is 0 Å². The minimum atomic E-state index is -0.447. The monoisotopic (exact) mass is 214 g/mol. The van der Waals surface area contributed by atoms with Crippen LogP contribution in [0.25, 0.3) is 0 Å². The van der Waals surface area contributed by atoms with Crippen LogP contribution in [-0.2, 0) is 4.18 Å². The zero-order chi connectivity index (χ0) is 10.4. The number of hydrogen-bond donors (Lipinski definition) is 1. The van der Waals surface area contributed by atoms with Crippen molar-refractivity contribution in [3.63, 3.8) is 0 Å². The summed E-state index contributed by atoms with van der Waals surface area (Å²) in [5, 5.41) is 8.99. The van der Waals surface area contributed by atoms with E-state index in [1.54, 1.807) is 14.0 Å². The molecule has 78 valence electrons. The van der Waals surface area contributed by atoms with Gasteiger partial charge in [-0.25, -0.2) is 0 Å². The minimum absolute atomic E-state index is 0.308. The van der Waals surface area contributed by atoms with Gasteiger partial charge < -0.3 is 14.0 Å². The molecule has 1 unspecified atom stereocenters. The zero-order valence-corrected chi connectivity index (χ0v) is 9.08. The molecule has 0 aliphatic carbocycles. The number of benzene rings is 1. The van der Waals surface area contributed by atoms with E-state index in [4.69, 9.17) is 14.0 Å². The second-order valence-electron chi connectivity index (χ2n) is 2.87. The molecule has 1 aromatic rings. The normalized spacial score (nSPS) is 12.5. The summed E-state index contributed by atoms with van der Waals surface area (Å²) in [7, 11) is 1.62. The van der Waals surface area contributed by atoms with E-state index in [0.717, 1.165) is 10.6 Å². The van der Waals surface area contributed by atoms with Gasteiger partial charge in [0.05, 0.1) is 24.7 Å². The van der Waals surface area contributed by atoms with Crippen molar-refractivity contribution < 1.29 is 14.0 Å². The highest BCUT2D eigenvalue weighted by atomic mass is 32.2. The van der Waals surface area contributed by atoms with Gasteiger partial charge in [0.1, 0.15) is 5.75 Å². The molecule has 1 rings (SSSR count). The summed E-state index contributed by atoms with van der Waals surface area (Å²) in [5.74, 6) is 0.781. The lowest BCUT2D eigenvalue weighted by Gasteiger charge is -2.08. The van der Waals surface area contributed by atoms with E-state index in [-0.39, 0.29) is 0 Å². The van der Waals surface area contributed by atoms with Gasteiger partial charge in [0.25, 0.3) is 0 Å². The highest BCUT2D eigenvalue weighted by Crippen LogP contribution is 2.29. The third-order valence-electron chi connectivity index (χ3n) is 1.53. The van der Waals surface area contributed by atoms with Crippen molar-refractivity contribution in [2.45, 2.75) is 17.9 Å². The molecule has 0 spiro atoms. The zero-order valence-electron chi connectivity index (χ0n) is 8.27. The molecule has 0 aliphatic rings. The molecule has 14 heavy (non-hydrogen) atoms. The lowest BCUT2D eigenvalue weighted by molar-refractivity contribution is 0.135. The number of aliphatic hydroxyl groups is 1. The number of para-hydroxylation sites is 1. The predicted molar refractivity (Wildman–Crippen MR) is 56.5 cm³/mol. The highest BCUT2D eigenvalue weighted by molar-refractivity contribution is 7.94. The Morgan fingerprint density at radius 1 is 1.43 bits per heavy atom. The lowest BCUT2D eigenvalue weighted by atomic mass is 10.3. The van der Waals surface area contributed by atoms with Gasteiger partial charge in [0.15, 0.2) is 0 Å². The fourth-order valence-electron chi connectivity index (χ4n) is 0.884. The second-order valence-corrected chi connectivity index (χ2v) is 3.71. The first kappa shape index (κ1) is 11.4. The van der Waals surface area contributed by atoms with Crippen LogP contribution in [0, 0.1) is 0 Å². The van der Waals surface area contributed by atoms with Gasteiger partial charge in [-0.1, -0.05) is 12.1 Å². The average molecular weight is 214 g/mol. The Morgan fingerprint density at radius 2 is 2.14 bits per heavy atom. The van der Waals surface area contributed by atoms with Gasteiger partial charge in [0.2, 0.25) is 0 Å². The Bertz CT molecular complexity index is 276. The molecule has 1 atom stereocenters. The fraction of sp³-hybridized carbons (Fsp3) is 0.400. The van der Waals surface area contributed by atoms with Crippen LogP contribution in [0.4, 0.5) is 0 Å². The first-order valence-electron chi connectivity index (χ1n) is 4.34. The molecule has 0 fully saturated rings. The predicted octanol–water partition coefficient (Wildman–Crippen LogP) is 2.10. The average Bonchev–Trinajstić information content (AvgIpc) is 2.18. The Labute approximate surface area is 88.2 Å². The van der Waals surface area contributed by atoms with Crippen LogP contribution in [0.15, 0.2) is 29.2 Å². The van der Waals surface area contributed by atoms with E-state index < -0.39 is 6.10 Å². The van der Waals surface area contributed by atoms with Gasteiger partial charge in [-0.2, -0.15) is 0 Å². The number of ether oxygens (including phenoxy) is 1. The van der Waals surface area contributed by atoms with E-state index in [2.05, 4.69) is 0 Å². The van der Waals surface area contributed by atoms with Crippen molar-refractivity contribution in [2.24, 2.45) is 0 Å². The number of methoxy groups -OCH3 is 1. The molecular weight excluding hydrogens is 200 g/mol. The largest absolute Gasteiger partial charge is 0.496 e. The summed E-state index contributed by atoms with van der Waals surface area (Å²) in [6, 6.07) is 7.59. The summed E-state index contributed by atoms with van der Waals surface area (Å²) in [6.45, 7) is 1.99. The Kier molecular flexibility index (Phi) is 4.79. The smallest absolute Gasteiger partial charge is 0.134 e. The van der Waals surface area contributed by atoms with E-state index in [1.807, 2.05) is 24.3 Å². The van der Waals surface area contributed by atoms with Gasteiger partial charge in [-0.05, 0) is 19.1 Å². The molecule has 0 bridgehead atoms. The van der Waals surface area contributed by atoms with Crippen LogP contribution in [0.1, 0.15) is 6.92 Å². The summed E-state index contributed by atoms with van der Waals surface area (Å²) in [5.41, 5.74) is 0. The van der Waals surface area contributed by atoms with Gasteiger partial charge in [-0.3, -0.25) is 0 Å². The first-order chi connectivity index (χ1) is 6.74. The maximum atomic E-state index is 8.99. The third-order valence-corrected chi connectivity index (χ3v) is 2.30. The summed E-state index contributed by atoms with van der Waals surface area (Å²) in [4.78, 5) is 0.913. The topological polar surface area (TPSA) is 38.7 Å². The molecule has 0 saturated carbocycles. The van der Waals surface area contributed by atoms with E-state index in [9.17, 15) is 0 Å². The molecule has 4 heteroatoms. The molecule has 0 aliphatic heterocycles. The van der Waals surface area contributed by atoms with Crippen LogP contribution in [-0.4, -0.2) is 24.9 Å². The molecule has 0 saturated heterocycles. The van der Waals surface area contributed by atoms with Crippen molar-refractivity contribution >= 4 is 12.0 Å². The number of rotatable bonds is 5. The van der Waals surface area contributed by atoms with Crippen molar-refractivity contribution in [3.8, 4) is 5.75 Å². The summed E-state index contributed by atoms with van der Waals surface area (Å²) >= 11 is 1.21. The molecule has 0 heterocycles. The number of aliphatic hydroxyl groups excluding tert-OH is 1. The molecule has 0 radical (unpaired) electrons. The van der Waals surface area contributed by atoms with Gasteiger partial charge >= 0.3 is 0 Å². The van der Waals surface area contributed by atoms with Gasteiger partial charge in [-0.15, -0.1) is 0 Å². The summed E-state index contributed by atoms with van der Waals surface area (Å²) in [6.07, 6.45) is -0.447. The van der Waals surface area contributed by atoms with Crippen LogP contribution in [0.2, 0.25) is 0 Å². The Morgan fingerprint density at radius 3 is 2.79 bits per heavy atom. The molecule has 0 amide bonds. The Hall–Kier alpha value is -0.710. The van der Waals surface area contributed by atoms with Crippen LogP contribution < -0.4 is 4.74 Å². The number of hydrogen-bond acceptors (Lipinski definition) is 4. The molecule has 1 aromatic carbocycles. The van der Waals surface area contributed by atoms with Crippen LogP contribution in [0.5, 0.6) is 5.75 Å². The quantitative estimate of drug-likeness (QED) is 0.762. The molecular formula is C10H14O3S. The highest BCUT2D eigenvalue weighted by Gasteiger charge is 2.03. The van der Waals surface area contributed by atoms with Crippen molar-refractivity contribution in [2.75, 3.05) is 13.7 Å². The molecule has 3 nitrogen and oxygen atoms in total. The minimum Gasteiger partial charge on any atom is -0.496 e. The molecule has 1 N–H and O–H groups in total. The van der Waals surface area contributed by atoms with Gasteiger partial charge in [0, 0.05) is 12.0 Å². The molecule has 0 aromatic heterocycles. The summed E-state index contributed by atoms with van der Waals surface area (Å²) < 4.78 is 10.3. The fourth-order valence-corrected chi connectivity index (χ4v) is 1.64. The maximum absolute atomic E-state index is 8.99. The van der Waals surface area contributed by atoms with E-state index in [1.165, 1.54) is 12.0 Å². The van der Waals surface area contributed by atoms with Crippen LogP contribution in [0.3, 0.4) is 0 Å². The second kappa shape index (κ2) is 5.90. The van der Waals surface area contributed by atoms with E-state index in [0.29, 0.717) is 6.61 Å². The van der Waals surface area contributed by atoms with Crippen molar-refractivity contribution in [3.05, 3.63) is 24.3 Å². The standard InChI is InChI=1S/C10H14O3S/c1-8(11)7-13-14-10-6-4-3-5-9(10)12-2/h3-6,8,11H,7H2,1-2H3. The third kappa shape index (κ3) is 3.57. The first-order valence-corrected chi connectivity index (χ1v) is 5.08. The van der Waals surface area contributed by atoms with Crippen molar-refractivity contribution in [1.29, 1.82) is 0 Å². The maximum Gasteiger partial charge on any atom is 0.134 e.